The number of alkyl halides is 3. The molecule has 0 bridgehead atoms. The Morgan fingerprint density at radius 1 is 1.03 bits per heavy atom. The first-order chi connectivity index (χ1) is 14.1. The van der Waals surface area contributed by atoms with Gasteiger partial charge in [0.2, 0.25) is 5.75 Å². The lowest BCUT2D eigenvalue weighted by molar-refractivity contribution is -0.141. The highest BCUT2D eigenvalue weighted by Gasteiger charge is 2.39. The first-order valence-electron chi connectivity index (χ1n) is 8.80. The van der Waals surface area contributed by atoms with E-state index in [0.717, 1.165) is 6.07 Å². The Kier molecular flexibility index (Phi) is 5.47. The molecular formula is C21H17F3O6. The predicted octanol–water partition coefficient (Wildman–Crippen LogP) is 5.41. The molecule has 0 N–H and O–H groups in total. The van der Waals surface area contributed by atoms with Crippen LogP contribution in [0, 0.1) is 0 Å². The quantitative estimate of drug-likeness (QED) is 0.311. The number of rotatable bonds is 5. The van der Waals surface area contributed by atoms with E-state index in [9.17, 15) is 22.8 Å². The Labute approximate surface area is 168 Å². The van der Waals surface area contributed by atoms with Crippen LogP contribution >= 0.6 is 0 Å². The van der Waals surface area contributed by atoms with Crippen molar-refractivity contribution >= 4 is 33.9 Å². The van der Waals surface area contributed by atoms with Gasteiger partial charge < -0.3 is 18.6 Å². The van der Waals surface area contributed by atoms with Gasteiger partial charge in [0.25, 0.3) is 0 Å². The minimum absolute atomic E-state index is 0.0387. The fraction of sp³-hybridized carbons (Fsp3) is 0.238. The maximum Gasteiger partial charge on any atom is 0.423 e. The molecule has 30 heavy (non-hydrogen) atoms. The number of ether oxygens (including phenoxy) is 3. The average molecular weight is 422 g/mol. The van der Waals surface area contributed by atoms with Crippen LogP contribution in [0.1, 0.15) is 25.8 Å². The Bertz CT molecular complexity index is 1170. The number of methoxy groups -OCH3 is 1. The van der Waals surface area contributed by atoms with Gasteiger partial charge in [0.05, 0.1) is 7.11 Å². The van der Waals surface area contributed by atoms with Crippen molar-refractivity contribution < 1.29 is 41.4 Å². The Morgan fingerprint density at radius 2 is 1.63 bits per heavy atom. The van der Waals surface area contributed by atoms with Crippen LogP contribution in [-0.2, 0) is 15.8 Å². The summed E-state index contributed by atoms with van der Waals surface area (Å²) in [6.45, 7) is 6.39. The second-order valence-electron chi connectivity index (χ2n) is 6.39. The molecule has 1 aromatic heterocycles. The number of benzene rings is 2. The Balaban J connectivity index is 2.30. The normalized spacial score (nSPS) is 11.5. The first-order valence-corrected chi connectivity index (χ1v) is 8.80. The van der Waals surface area contributed by atoms with Crippen LogP contribution in [-0.4, -0.2) is 19.0 Å². The molecule has 0 aliphatic carbocycles. The molecule has 1 heterocycles. The SMILES string of the molecule is C=C(C)C(=O)Oc1ccc2c(oc3c(C(F)(F)F)c(OC(=O)CC)ccc32)c1OC. The van der Waals surface area contributed by atoms with Gasteiger partial charge in [-0.15, -0.1) is 0 Å². The topological polar surface area (TPSA) is 75.0 Å². The van der Waals surface area contributed by atoms with Gasteiger partial charge in [-0.25, -0.2) is 4.79 Å². The molecule has 0 spiro atoms. The van der Waals surface area contributed by atoms with Crippen LogP contribution in [0.3, 0.4) is 0 Å². The molecule has 3 aromatic rings. The van der Waals surface area contributed by atoms with E-state index < -0.39 is 35.0 Å². The van der Waals surface area contributed by atoms with E-state index in [1.165, 1.54) is 39.2 Å². The molecule has 0 fully saturated rings. The molecule has 9 heteroatoms. The van der Waals surface area contributed by atoms with Crippen LogP contribution in [0.2, 0.25) is 0 Å². The van der Waals surface area contributed by atoms with Gasteiger partial charge in [-0.3, -0.25) is 4.79 Å². The summed E-state index contributed by atoms with van der Waals surface area (Å²) in [5.74, 6) is -2.30. The highest BCUT2D eigenvalue weighted by Crippen LogP contribution is 2.47. The van der Waals surface area contributed by atoms with E-state index in [2.05, 4.69) is 6.58 Å². The van der Waals surface area contributed by atoms with E-state index >= 15 is 0 Å². The van der Waals surface area contributed by atoms with Crippen LogP contribution in [0.4, 0.5) is 13.2 Å². The van der Waals surface area contributed by atoms with Crippen molar-refractivity contribution in [3.8, 4) is 17.2 Å². The minimum Gasteiger partial charge on any atom is -0.490 e. The average Bonchev–Trinajstić information content (AvgIpc) is 3.04. The summed E-state index contributed by atoms with van der Waals surface area (Å²) >= 11 is 0. The van der Waals surface area contributed by atoms with Crippen molar-refractivity contribution in [3.63, 3.8) is 0 Å². The van der Waals surface area contributed by atoms with Gasteiger partial charge in [-0.2, -0.15) is 13.2 Å². The number of hydrogen-bond acceptors (Lipinski definition) is 6. The largest absolute Gasteiger partial charge is 0.490 e. The summed E-state index contributed by atoms with van der Waals surface area (Å²) in [5.41, 5.74) is -1.67. The summed E-state index contributed by atoms with van der Waals surface area (Å²) in [6.07, 6.45) is -4.96. The molecule has 0 unspecified atom stereocenters. The minimum atomic E-state index is -4.86. The molecule has 0 aliphatic heterocycles. The van der Waals surface area contributed by atoms with Crippen LogP contribution in [0.25, 0.3) is 21.9 Å². The summed E-state index contributed by atoms with van der Waals surface area (Å²) in [6, 6.07) is 5.25. The number of furan rings is 1. The van der Waals surface area contributed by atoms with Gasteiger partial charge in [-0.1, -0.05) is 13.5 Å². The van der Waals surface area contributed by atoms with E-state index in [-0.39, 0.29) is 34.5 Å². The predicted molar refractivity (Wildman–Crippen MR) is 102 cm³/mol. The summed E-state index contributed by atoms with van der Waals surface area (Å²) in [4.78, 5) is 23.4. The molecule has 0 amide bonds. The van der Waals surface area contributed by atoms with E-state index in [1.807, 2.05) is 0 Å². The van der Waals surface area contributed by atoms with Crippen molar-refractivity contribution in [1.29, 1.82) is 0 Å². The van der Waals surface area contributed by atoms with Gasteiger partial charge in [0, 0.05) is 22.8 Å². The van der Waals surface area contributed by atoms with Gasteiger partial charge >= 0.3 is 18.1 Å². The molecule has 2 aromatic carbocycles. The molecule has 0 radical (unpaired) electrons. The van der Waals surface area contributed by atoms with Crippen LogP contribution in [0.5, 0.6) is 17.2 Å². The zero-order chi connectivity index (χ0) is 22.2. The maximum absolute atomic E-state index is 13.8. The van der Waals surface area contributed by atoms with E-state index in [4.69, 9.17) is 18.6 Å². The number of esters is 2. The molecular weight excluding hydrogens is 405 g/mol. The number of halogens is 3. The number of hydrogen-bond donors (Lipinski definition) is 0. The number of carbonyl (C=O) groups is 2. The van der Waals surface area contributed by atoms with Gasteiger partial charge in [0.15, 0.2) is 16.9 Å². The second kappa shape index (κ2) is 7.74. The smallest absolute Gasteiger partial charge is 0.423 e. The van der Waals surface area contributed by atoms with Crippen molar-refractivity contribution in [2.45, 2.75) is 26.4 Å². The molecule has 0 saturated carbocycles. The van der Waals surface area contributed by atoms with Crippen molar-refractivity contribution in [2.24, 2.45) is 0 Å². The molecule has 158 valence electrons. The van der Waals surface area contributed by atoms with Crippen molar-refractivity contribution in [1.82, 2.24) is 0 Å². The Hall–Kier alpha value is -3.49. The van der Waals surface area contributed by atoms with Crippen molar-refractivity contribution in [3.05, 3.63) is 42.0 Å². The standard InChI is InChI=1S/C21H17F3O6/c1-5-15(25)28-13-8-6-11-12-7-9-14(29-20(26)10(2)3)19(27-4)18(12)30-17(11)16(13)21(22,23)24/h6-9H,2,5H2,1,3-4H3. The molecule has 6 nitrogen and oxygen atoms in total. The number of carbonyl (C=O) groups excluding carboxylic acids is 2. The molecule has 0 saturated heterocycles. The highest BCUT2D eigenvalue weighted by molar-refractivity contribution is 6.09. The lowest BCUT2D eigenvalue weighted by atomic mass is 10.1. The number of fused-ring (bicyclic) bond motifs is 3. The third-order valence-corrected chi connectivity index (χ3v) is 4.24. The third kappa shape index (κ3) is 3.70. The summed E-state index contributed by atoms with van der Waals surface area (Å²) < 4.78 is 62.3. The fourth-order valence-corrected chi connectivity index (χ4v) is 2.85. The summed E-state index contributed by atoms with van der Waals surface area (Å²) in [5, 5.41) is 0.431. The molecule has 0 aliphatic rings. The third-order valence-electron chi connectivity index (χ3n) is 4.24. The van der Waals surface area contributed by atoms with Gasteiger partial charge in [0.1, 0.15) is 11.3 Å². The van der Waals surface area contributed by atoms with Crippen LogP contribution < -0.4 is 14.2 Å². The molecule has 3 rings (SSSR count). The first kappa shape index (κ1) is 21.2. The van der Waals surface area contributed by atoms with Gasteiger partial charge in [-0.05, 0) is 31.2 Å². The maximum atomic E-state index is 13.8. The second-order valence-corrected chi connectivity index (χ2v) is 6.39. The van der Waals surface area contributed by atoms with Crippen LogP contribution in [0.15, 0.2) is 40.8 Å². The Morgan fingerprint density at radius 3 is 2.17 bits per heavy atom. The lowest BCUT2D eigenvalue weighted by Crippen LogP contribution is -2.13. The zero-order valence-corrected chi connectivity index (χ0v) is 16.3. The summed E-state index contributed by atoms with van der Waals surface area (Å²) in [7, 11) is 1.26. The van der Waals surface area contributed by atoms with E-state index in [0.29, 0.717) is 5.39 Å². The fourth-order valence-electron chi connectivity index (χ4n) is 2.85. The zero-order valence-electron chi connectivity index (χ0n) is 16.3. The highest BCUT2D eigenvalue weighted by atomic mass is 19.4. The monoisotopic (exact) mass is 422 g/mol. The van der Waals surface area contributed by atoms with E-state index in [1.54, 1.807) is 0 Å². The lowest BCUT2D eigenvalue weighted by Gasteiger charge is -2.12. The molecule has 0 atom stereocenters. The van der Waals surface area contributed by atoms with Crippen molar-refractivity contribution in [2.75, 3.05) is 7.11 Å².